The predicted octanol–water partition coefficient (Wildman–Crippen LogP) is 2.96. The van der Waals surface area contributed by atoms with Gasteiger partial charge in [-0.25, -0.2) is 4.98 Å². The van der Waals surface area contributed by atoms with Crippen molar-refractivity contribution in [2.75, 3.05) is 12.4 Å². The molecule has 0 aliphatic rings. The zero-order chi connectivity index (χ0) is 13.1. The SMILES string of the molecule is COc1c(C)ccc(NCc2nc[nH]c2C)c1C. The quantitative estimate of drug-likeness (QED) is 0.870. The van der Waals surface area contributed by atoms with Crippen LogP contribution in [0.15, 0.2) is 18.5 Å². The maximum absolute atomic E-state index is 5.42. The molecule has 0 spiro atoms. The van der Waals surface area contributed by atoms with Gasteiger partial charge in [-0.05, 0) is 32.4 Å². The van der Waals surface area contributed by atoms with Gasteiger partial charge in [-0.1, -0.05) is 6.07 Å². The number of hydrogen-bond acceptors (Lipinski definition) is 3. The van der Waals surface area contributed by atoms with E-state index in [-0.39, 0.29) is 0 Å². The summed E-state index contributed by atoms with van der Waals surface area (Å²) in [5, 5.41) is 3.40. The summed E-state index contributed by atoms with van der Waals surface area (Å²) in [5.74, 6) is 0.943. The van der Waals surface area contributed by atoms with E-state index in [2.05, 4.69) is 34.3 Å². The van der Waals surface area contributed by atoms with Crippen molar-refractivity contribution in [3.63, 3.8) is 0 Å². The summed E-state index contributed by atoms with van der Waals surface area (Å²) in [7, 11) is 1.71. The van der Waals surface area contributed by atoms with E-state index >= 15 is 0 Å². The van der Waals surface area contributed by atoms with Crippen LogP contribution in [0.25, 0.3) is 0 Å². The van der Waals surface area contributed by atoms with Gasteiger partial charge in [0.05, 0.1) is 25.7 Å². The van der Waals surface area contributed by atoms with E-state index in [1.807, 2.05) is 13.8 Å². The highest BCUT2D eigenvalue weighted by Gasteiger charge is 2.08. The third-order valence-corrected chi connectivity index (χ3v) is 3.19. The lowest BCUT2D eigenvalue weighted by Crippen LogP contribution is -2.04. The largest absolute Gasteiger partial charge is 0.496 e. The first-order valence-corrected chi connectivity index (χ1v) is 6.00. The second-order valence-corrected chi connectivity index (χ2v) is 4.42. The van der Waals surface area contributed by atoms with E-state index in [9.17, 15) is 0 Å². The average molecular weight is 245 g/mol. The first kappa shape index (κ1) is 12.5. The minimum absolute atomic E-state index is 0.711. The molecule has 0 aliphatic heterocycles. The molecule has 4 heteroatoms. The van der Waals surface area contributed by atoms with Gasteiger partial charge < -0.3 is 15.0 Å². The molecular weight excluding hydrogens is 226 g/mol. The standard InChI is InChI=1S/C14H19N3O/c1-9-5-6-12(10(2)14(9)18-4)15-7-13-11(3)16-8-17-13/h5-6,8,15H,7H2,1-4H3,(H,16,17). The molecule has 2 rings (SSSR count). The van der Waals surface area contributed by atoms with Gasteiger partial charge in [-0.15, -0.1) is 0 Å². The van der Waals surface area contributed by atoms with E-state index in [1.54, 1.807) is 13.4 Å². The summed E-state index contributed by atoms with van der Waals surface area (Å²) in [6, 6.07) is 4.14. The fourth-order valence-electron chi connectivity index (χ4n) is 2.08. The van der Waals surface area contributed by atoms with Crippen LogP contribution in [-0.2, 0) is 6.54 Å². The monoisotopic (exact) mass is 245 g/mol. The molecule has 0 unspecified atom stereocenters. The minimum Gasteiger partial charge on any atom is -0.496 e. The molecule has 96 valence electrons. The summed E-state index contributed by atoms with van der Waals surface area (Å²) in [6.07, 6.45) is 1.72. The van der Waals surface area contributed by atoms with Crippen molar-refractivity contribution in [1.29, 1.82) is 0 Å². The number of nitrogens with one attached hydrogen (secondary N) is 2. The van der Waals surface area contributed by atoms with Gasteiger partial charge in [-0.3, -0.25) is 0 Å². The van der Waals surface area contributed by atoms with Crippen molar-refractivity contribution in [2.24, 2.45) is 0 Å². The zero-order valence-corrected chi connectivity index (χ0v) is 11.3. The number of benzene rings is 1. The van der Waals surface area contributed by atoms with Crippen molar-refractivity contribution >= 4 is 5.69 Å². The Bertz CT molecular complexity index is 546. The molecule has 4 nitrogen and oxygen atoms in total. The maximum atomic E-state index is 5.42. The highest BCUT2D eigenvalue weighted by atomic mass is 16.5. The Morgan fingerprint density at radius 1 is 1.28 bits per heavy atom. The second-order valence-electron chi connectivity index (χ2n) is 4.42. The van der Waals surface area contributed by atoms with E-state index in [1.165, 1.54) is 0 Å². The summed E-state index contributed by atoms with van der Waals surface area (Å²) < 4.78 is 5.42. The van der Waals surface area contributed by atoms with Crippen LogP contribution in [0.3, 0.4) is 0 Å². The normalized spacial score (nSPS) is 10.4. The molecule has 2 N–H and O–H groups in total. The fraction of sp³-hybridized carbons (Fsp3) is 0.357. The molecule has 0 fully saturated rings. The molecule has 1 heterocycles. The molecule has 0 atom stereocenters. The summed E-state index contributed by atoms with van der Waals surface area (Å²) in [4.78, 5) is 7.35. The number of nitrogens with zero attached hydrogens (tertiary/aromatic N) is 1. The molecule has 18 heavy (non-hydrogen) atoms. The molecule has 1 aromatic heterocycles. The van der Waals surface area contributed by atoms with Crippen LogP contribution in [0, 0.1) is 20.8 Å². The zero-order valence-electron chi connectivity index (χ0n) is 11.3. The predicted molar refractivity (Wildman–Crippen MR) is 73.1 cm³/mol. The maximum Gasteiger partial charge on any atom is 0.126 e. The van der Waals surface area contributed by atoms with Crippen LogP contribution in [0.5, 0.6) is 5.75 Å². The Balaban J connectivity index is 2.18. The van der Waals surface area contributed by atoms with Crippen LogP contribution < -0.4 is 10.1 Å². The Kier molecular flexibility index (Phi) is 3.55. The Labute approximate surface area is 107 Å². The van der Waals surface area contributed by atoms with Crippen LogP contribution in [0.4, 0.5) is 5.69 Å². The highest BCUT2D eigenvalue weighted by Crippen LogP contribution is 2.29. The number of ether oxygens (including phenoxy) is 1. The van der Waals surface area contributed by atoms with E-state index < -0.39 is 0 Å². The van der Waals surface area contributed by atoms with Crippen molar-refractivity contribution in [3.8, 4) is 5.75 Å². The molecule has 0 saturated heterocycles. The molecule has 0 amide bonds. The van der Waals surface area contributed by atoms with Crippen molar-refractivity contribution in [2.45, 2.75) is 27.3 Å². The number of rotatable bonds is 4. The third kappa shape index (κ3) is 2.32. The average Bonchev–Trinajstić information content (AvgIpc) is 2.75. The second kappa shape index (κ2) is 5.12. The number of anilines is 1. The van der Waals surface area contributed by atoms with Crippen LogP contribution in [0.1, 0.15) is 22.5 Å². The molecular formula is C14H19N3O. The first-order chi connectivity index (χ1) is 8.63. The number of aryl methyl sites for hydroxylation is 2. The molecule has 0 aliphatic carbocycles. The first-order valence-electron chi connectivity index (χ1n) is 6.00. The number of H-pyrrole nitrogens is 1. The van der Waals surface area contributed by atoms with E-state index in [0.717, 1.165) is 34.0 Å². The Morgan fingerprint density at radius 2 is 2.06 bits per heavy atom. The summed E-state index contributed by atoms with van der Waals surface area (Å²) >= 11 is 0. The Hall–Kier alpha value is -1.97. The number of aromatic nitrogens is 2. The lowest BCUT2D eigenvalue weighted by Gasteiger charge is -2.14. The van der Waals surface area contributed by atoms with Gasteiger partial charge in [0, 0.05) is 16.9 Å². The molecule has 1 aromatic carbocycles. The molecule has 0 bridgehead atoms. The van der Waals surface area contributed by atoms with Gasteiger partial charge in [0.15, 0.2) is 0 Å². The molecule has 0 radical (unpaired) electrons. The number of methoxy groups -OCH3 is 1. The minimum atomic E-state index is 0.711. The third-order valence-electron chi connectivity index (χ3n) is 3.19. The van der Waals surface area contributed by atoms with Gasteiger partial charge in [0.25, 0.3) is 0 Å². The van der Waals surface area contributed by atoms with Crippen LogP contribution in [0.2, 0.25) is 0 Å². The number of hydrogen-bond donors (Lipinski definition) is 2. The lowest BCUT2D eigenvalue weighted by atomic mass is 10.1. The smallest absolute Gasteiger partial charge is 0.126 e. The van der Waals surface area contributed by atoms with Crippen molar-refractivity contribution in [3.05, 3.63) is 41.0 Å². The van der Waals surface area contributed by atoms with Gasteiger partial charge in [0.2, 0.25) is 0 Å². The van der Waals surface area contributed by atoms with E-state index in [4.69, 9.17) is 4.74 Å². The number of imidazole rings is 1. The Morgan fingerprint density at radius 3 is 2.67 bits per heavy atom. The topological polar surface area (TPSA) is 49.9 Å². The van der Waals surface area contributed by atoms with Crippen molar-refractivity contribution in [1.82, 2.24) is 9.97 Å². The van der Waals surface area contributed by atoms with Gasteiger partial charge in [0.1, 0.15) is 5.75 Å². The van der Waals surface area contributed by atoms with Crippen LogP contribution in [-0.4, -0.2) is 17.1 Å². The lowest BCUT2D eigenvalue weighted by molar-refractivity contribution is 0.409. The van der Waals surface area contributed by atoms with Crippen LogP contribution >= 0.6 is 0 Å². The summed E-state index contributed by atoms with van der Waals surface area (Å²) in [6.45, 7) is 6.84. The van der Waals surface area contributed by atoms with Gasteiger partial charge >= 0.3 is 0 Å². The highest BCUT2D eigenvalue weighted by molar-refractivity contribution is 5.59. The molecule has 2 aromatic rings. The van der Waals surface area contributed by atoms with Gasteiger partial charge in [-0.2, -0.15) is 0 Å². The molecule has 0 saturated carbocycles. The summed E-state index contributed by atoms with van der Waals surface area (Å²) in [5.41, 5.74) is 5.50. The van der Waals surface area contributed by atoms with E-state index in [0.29, 0.717) is 6.54 Å². The van der Waals surface area contributed by atoms with Crippen molar-refractivity contribution < 1.29 is 4.74 Å². The fourth-order valence-corrected chi connectivity index (χ4v) is 2.08. The number of aromatic amines is 1.